The van der Waals surface area contributed by atoms with E-state index < -0.39 is 5.91 Å². The molecular formula is C20H15N5O. The molecule has 0 aliphatic heterocycles. The molecule has 0 aliphatic rings. The number of nitrogens with one attached hydrogen (secondary N) is 1. The van der Waals surface area contributed by atoms with Gasteiger partial charge in [-0.1, -0.05) is 24.3 Å². The number of hydrogen-bond donors (Lipinski definition) is 2. The van der Waals surface area contributed by atoms with E-state index in [4.69, 9.17) is 5.73 Å². The van der Waals surface area contributed by atoms with Crippen LogP contribution in [0.2, 0.25) is 0 Å². The number of hydrogen-bond acceptors (Lipinski definition) is 5. The normalized spacial score (nSPS) is 10.6. The highest BCUT2D eigenvalue weighted by atomic mass is 16.1. The van der Waals surface area contributed by atoms with Gasteiger partial charge in [-0.05, 0) is 36.4 Å². The lowest BCUT2D eigenvalue weighted by atomic mass is 10.1. The molecule has 1 amide bonds. The van der Waals surface area contributed by atoms with Crippen LogP contribution in [0.1, 0.15) is 10.4 Å². The van der Waals surface area contributed by atoms with E-state index in [0.29, 0.717) is 22.9 Å². The molecule has 0 atom stereocenters. The number of para-hydroxylation sites is 2. The van der Waals surface area contributed by atoms with Crippen molar-refractivity contribution in [2.45, 2.75) is 0 Å². The third kappa shape index (κ3) is 2.95. The van der Waals surface area contributed by atoms with Crippen molar-refractivity contribution < 1.29 is 4.79 Å². The van der Waals surface area contributed by atoms with Gasteiger partial charge in [0.2, 0.25) is 0 Å². The van der Waals surface area contributed by atoms with E-state index in [1.165, 1.54) is 0 Å². The molecule has 6 heteroatoms. The average molecular weight is 341 g/mol. The van der Waals surface area contributed by atoms with Crippen LogP contribution in [0.5, 0.6) is 0 Å². The molecule has 4 rings (SSSR count). The molecule has 4 aromatic rings. The number of rotatable bonds is 4. The summed E-state index contributed by atoms with van der Waals surface area (Å²) in [6, 6.07) is 18.5. The summed E-state index contributed by atoms with van der Waals surface area (Å²) in [5, 5.41) is 4.08. The summed E-state index contributed by atoms with van der Waals surface area (Å²) in [5.41, 5.74) is 8.08. The van der Waals surface area contributed by atoms with Crippen LogP contribution in [0, 0.1) is 0 Å². The second kappa shape index (κ2) is 6.60. The van der Waals surface area contributed by atoms with Crippen molar-refractivity contribution in [3.63, 3.8) is 0 Å². The van der Waals surface area contributed by atoms with Gasteiger partial charge in [0.25, 0.3) is 5.91 Å². The molecule has 2 heterocycles. The van der Waals surface area contributed by atoms with Crippen molar-refractivity contribution >= 4 is 28.3 Å². The van der Waals surface area contributed by atoms with Crippen LogP contribution in [0.4, 0.5) is 11.5 Å². The minimum absolute atomic E-state index is 0.401. The van der Waals surface area contributed by atoms with Gasteiger partial charge in [0.1, 0.15) is 5.82 Å². The van der Waals surface area contributed by atoms with Crippen LogP contribution in [0.3, 0.4) is 0 Å². The molecule has 2 aromatic carbocycles. The molecule has 0 saturated carbocycles. The number of carbonyl (C=O) groups excluding carboxylic acids is 1. The van der Waals surface area contributed by atoms with E-state index >= 15 is 0 Å². The molecule has 0 unspecified atom stereocenters. The number of benzene rings is 2. The predicted octanol–water partition coefficient (Wildman–Crippen LogP) is 3.53. The summed E-state index contributed by atoms with van der Waals surface area (Å²) in [4.78, 5) is 25.1. The Hall–Kier alpha value is -3.80. The third-order valence-electron chi connectivity index (χ3n) is 3.97. The molecule has 6 nitrogen and oxygen atoms in total. The Morgan fingerprint density at radius 3 is 2.54 bits per heavy atom. The van der Waals surface area contributed by atoms with Gasteiger partial charge in [-0.15, -0.1) is 0 Å². The van der Waals surface area contributed by atoms with Crippen LogP contribution >= 0.6 is 0 Å². The second-order valence-corrected chi connectivity index (χ2v) is 5.69. The minimum Gasteiger partial charge on any atom is -0.366 e. The molecule has 26 heavy (non-hydrogen) atoms. The number of nitrogens with zero attached hydrogens (tertiary/aromatic N) is 3. The van der Waals surface area contributed by atoms with Crippen molar-refractivity contribution in [3.05, 3.63) is 78.6 Å². The van der Waals surface area contributed by atoms with Gasteiger partial charge < -0.3 is 11.1 Å². The number of pyridine rings is 1. The molecule has 2 aromatic heterocycles. The summed E-state index contributed by atoms with van der Waals surface area (Å²) in [5.74, 6) is 0.651. The van der Waals surface area contributed by atoms with E-state index in [9.17, 15) is 4.79 Å². The lowest BCUT2D eigenvalue weighted by Gasteiger charge is -2.13. The first-order valence-corrected chi connectivity index (χ1v) is 8.05. The van der Waals surface area contributed by atoms with Gasteiger partial charge in [0.15, 0.2) is 5.82 Å². The Morgan fingerprint density at radius 2 is 1.73 bits per heavy atom. The highest BCUT2D eigenvalue weighted by Crippen LogP contribution is 2.28. The predicted molar refractivity (Wildman–Crippen MR) is 101 cm³/mol. The first kappa shape index (κ1) is 15.7. The number of fused-ring (bicyclic) bond motifs is 1. The molecule has 0 spiro atoms. The largest absolute Gasteiger partial charge is 0.366 e. The fourth-order valence-corrected chi connectivity index (χ4v) is 2.73. The lowest BCUT2D eigenvalue weighted by molar-refractivity contribution is 0.100. The van der Waals surface area contributed by atoms with Gasteiger partial charge in [0, 0.05) is 23.3 Å². The smallest absolute Gasteiger partial charge is 0.250 e. The van der Waals surface area contributed by atoms with E-state index in [1.807, 2.05) is 42.5 Å². The standard InChI is InChI=1S/C20H15N5O/c21-18(26)14-7-1-3-9-16(14)24-20-15-8-2-4-10-17(15)23-19(25-20)13-6-5-11-22-12-13/h1-12H,(H2,21,26)(H,23,24,25). The summed E-state index contributed by atoms with van der Waals surface area (Å²) >= 11 is 0. The number of carbonyl (C=O) groups is 1. The summed E-state index contributed by atoms with van der Waals surface area (Å²) in [6.07, 6.45) is 3.41. The van der Waals surface area contributed by atoms with Crippen LogP contribution in [0.25, 0.3) is 22.3 Å². The Bertz CT molecular complexity index is 1100. The van der Waals surface area contributed by atoms with Gasteiger partial charge in [-0.2, -0.15) is 0 Å². The topological polar surface area (TPSA) is 93.8 Å². The van der Waals surface area contributed by atoms with Gasteiger partial charge in [0.05, 0.1) is 16.8 Å². The van der Waals surface area contributed by atoms with Gasteiger partial charge in [-0.25, -0.2) is 9.97 Å². The molecule has 0 saturated heterocycles. The maximum absolute atomic E-state index is 11.7. The molecule has 0 radical (unpaired) electrons. The molecule has 0 fully saturated rings. The number of amides is 1. The van der Waals surface area contributed by atoms with Crippen molar-refractivity contribution in [2.24, 2.45) is 5.73 Å². The fraction of sp³-hybridized carbons (Fsp3) is 0. The zero-order chi connectivity index (χ0) is 17.9. The van der Waals surface area contributed by atoms with Crippen LogP contribution in [-0.2, 0) is 0 Å². The number of anilines is 2. The highest BCUT2D eigenvalue weighted by Gasteiger charge is 2.12. The Balaban J connectivity index is 1.88. The maximum Gasteiger partial charge on any atom is 0.250 e. The van der Waals surface area contributed by atoms with Crippen LogP contribution < -0.4 is 11.1 Å². The minimum atomic E-state index is -0.501. The van der Waals surface area contributed by atoms with Gasteiger partial charge in [-0.3, -0.25) is 9.78 Å². The average Bonchev–Trinajstić information content (AvgIpc) is 2.69. The van der Waals surface area contributed by atoms with Crippen molar-refractivity contribution in [3.8, 4) is 11.4 Å². The Kier molecular flexibility index (Phi) is 3.99. The van der Waals surface area contributed by atoms with E-state index in [2.05, 4.69) is 20.3 Å². The quantitative estimate of drug-likeness (QED) is 0.592. The van der Waals surface area contributed by atoms with Crippen molar-refractivity contribution in [1.29, 1.82) is 0 Å². The van der Waals surface area contributed by atoms with Crippen LogP contribution in [-0.4, -0.2) is 20.9 Å². The van der Waals surface area contributed by atoms with E-state index in [-0.39, 0.29) is 0 Å². The summed E-state index contributed by atoms with van der Waals surface area (Å²) in [6.45, 7) is 0. The highest BCUT2D eigenvalue weighted by molar-refractivity contribution is 6.00. The zero-order valence-corrected chi connectivity index (χ0v) is 13.8. The molecule has 126 valence electrons. The molecule has 0 bridgehead atoms. The van der Waals surface area contributed by atoms with E-state index in [0.717, 1.165) is 16.5 Å². The van der Waals surface area contributed by atoms with E-state index in [1.54, 1.807) is 30.6 Å². The monoisotopic (exact) mass is 341 g/mol. The lowest BCUT2D eigenvalue weighted by Crippen LogP contribution is -2.13. The first-order chi connectivity index (χ1) is 12.7. The molecule has 3 N–H and O–H groups in total. The third-order valence-corrected chi connectivity index (χ3v) is 3.97. The fourth-order valence-electron chi connectivity index (χ4n) is 2.73. The SMILES string of the molecule is NC(=O)c1ccccc1Nc1nc(-c2cccnc2)nc2ccccc12. The Labute approximate surface area is 149 Å². The second-order valence-electron chi connectivity index (χ2n) is 5.69. The summed E-state index contributed by atoms with van der Waals surface area (Å²) in [7, 11) is 0. The Morgan fingerprint density at radius 1 is 0.923 bits per heavy atom. The number of primary amides is 1. The van der Waals surface area contributed by atoms with Crippen molar-refractivity contribution in [1.82, 2.24) is 15.0 Å². The summed E-state index contributed by atoms with van der Waals surface area (Å²) < 4.78 is 0. The molecular weight excluding hydrogens is 326 g/mol. The molecule has 0 aliphatic carbocycles. The zero-order valence-electron chi connectivity index (χ0n) is 13.8. The number of nitrogens with two attached hydrogens (primary N) is 1. The van der Waals surface area contributed by atoms with Crippen LogP contribution in [0.15, 0.2) is 73.1 Å². The van der Waals surface area contributed by atoms with Gasteiger partial charge >= 0.3 is 0 Å². The maximum atomic E-state index is 11.7. The number of aromatic nitrogens is 3. The first-order valence-electron chi connectivity index (χ1n) is 8.05. The van der Waals surface area contributed by atoms with Crippen molar-refractivity contribution in [2.75, 3.05) is 5.32 Å².